The third kappa shape index (κ3) is 4.30. The molecular formula is C48H43N3+2. The fraction of sp³-hybridized carbons (Fsp3) is 0.208. The van der Waals surface area contributed by atoms with E-state index >= 15 is 0 Å². The maximum absolute atomic E-state index is 4.30. The van der Waals surface area contributed by atoms with Gasteiger partial charge in [-0.1, -0.05) is 98.8 Å². The third-order valence-electron chi connectivity index (χ3n) is 12.4. The standard InChI is InChI=1S/C48H43N3/c1-6-13-42-45(36-18-11-10-17-35(36)41-21-20-30(2)29-50(41)42)47-40-28-44-38(37-19-12-16-33-22-24-48(4,5)31(3)51(44)46(33)37)27-39(40)43-26-34(23-25-49(43)47)32-14-8-7-9-15-32/h6-12,14-29,31,42,45,47H,1,13H2,2-5H3/q+2/t31-,42?,45?,47?/m0/s1. The van der Waals surface area contributed by atoms with Crippen LogP contribution >= 0.6 is 0 Å². The maximum Gasteiger partial charge on any atom is 0.214 e. The van der Waals surface area contributed by atoms with Gasteiger partial charge in [0, 0.05) is 63.5 Å². The molecule has 248 valence electrons. The molecule has 4 aromatic carbocycles. The first-order chi connectivity index (χ1) is 24.8. The van der Waals surface area contributed by atoms with Crippen LogP contribution in [-0.4, -0.2) is 4.57 Å². The molecule has 7 aromatic rings. The van der Waals surface area contributed by atoms with Crippen LogP contribution in [0.4, 0.5) is 0 Å². The van der Waals surface area contributed by atoms with Crippen molar-refractivity contribution < 1.29 is 9.13 Å². The summed E-state index contributed by atoms with van der Waals surface area (Å²) >= 11 is 0. The topological polar surface area (TPSA) is 12.7 Å². The second-order valence-corrected chi connectivity index (χ2v) is 15.6. The van der Waals surface area contributed by atoms with Gasteiger partial charge in [0.2, 0.25) is 11.4 Å². The lowest BCUT2D eigenvalue weighted by molar-refractivity contribution is -0.746. The van der Waals surface area contributed by atoms with Crippen LogP contribution in [0.15, 0.2) is 140 Å². The molecule has 0 radical (unpaired) electrons. The number of para-hydroxylation sites is 1. The number of hydrogen-bond acceptors (Lipinski definition) is 0. The molecule has 0 aliphatic carbocycles. The van der Waals surface area contributed by atoms with Gasteiger partial charge in [0.1, 0.15) is 5.92 Å². The minimum atomic E-state index is -0.00576. The van der Waals surface area contributed by atoms with Gasteiger partial charge < -0.3 is 4.57 Å². The molecule has 0 fully saturated rings. The van der Waals surface area contributed by atoms with Crippen molar-refractivity contribution >= 4 is 27.9 Å². The molecule has 0 saturated carbocycles. The molecule has 4 atom stereocenters. The second kappa shape index (κ2) is 11.0. The van der Waals surface area contributed by atoms with E-state index in [1.54, 1.807) is 0 Å². The quantitative estimate of drug-likeness (QED) is 0.132. The number of nitrogens with zero attached hydrogens (tertiary/aromatic N) is 3. The SMILES string of the molecule is C=CCC1C(C2c3cc4c(cc3-c3cc(-c5ccccc5)cc[n+]32)c2cccc3c2n4[C@@H](C)C(C)(C)C=C3)c2ccccc2-c2ccc(C)c[n+]21. The molecule has 10 rings (SSSR count). The molecule has 3 heteroatoms. The lowest BCUT2D eigenvalue weighted by atomic mass is 9.75. The van der Waals surface area contributed by atoms with E-state index in [4.69, 9.17) is 0 Å². The van der Waals surface area contributed by atoms with Crippen LogP contribution in [0.1, 0.15) is 73.5 Å². The summed E-state index contributed by atoms with van der Waals surface area (Å²) in [6.07, 6.45) is 12.5. The van der Waals surface area contributed by atoms with E-state index in [9.17, 15) is 0 Å². The van der Waals surface area contributed by atoms with Crippen LogP contribution in [0.5, 0.6) is 0 Å². The van der Waals surface area contributed by atoms with Crippen molar-refractivity contribution in [2.45, 2.75) is 58.2 Å². The molecule has 0 amide bonds. The van der Waals surface area contributed by atoms with Gasteiger partial charge in [0.05, 0.1) is 16.6 Å². The fourth-order valence-corrected chi connectivity index (χ4v) is 9.61. The van der Waals surface area contributed by atoms with E-state index in [1.165, 1.54) is 77.7 Å². The summed E-state index contributed by atoms with van der Waals surface area (Å²) < 4.78 is 7.81. The number of aromatic nitrogens is 3. The minimum absolute atomic E-state index is 0.00576. The summed E-state index contributed by atoms with van der Waals surface area (Å²) in [5.74, 6) is 0.183. The van der Waals surface area contributed by atoms with Crippen LogP contribution in [0.2, 0.25) is 0 Å². The normalized spacial score (nSPS) is 20.8. The number of hydrogen-bond donors (Lipinski definition) is 0. The van der Waals surface area contributed by atoms with Crippen molar-refractivity contribution in [2.75, 3.05) is 0 Å². The highest BCUT2D eigenvalue weighted by molar-refractivity contribution is 6.12. The van der Waals surface area contributed by atoms with Gasteiger partial charge in [-0.05, 0) is 60.4 Å². The predicted octanol–water partition coefficient (Wildman–Crippen LogP) is 11.1. The van der Waals surface area contributed by atoms with E-state index in [-0.39, 0.29) is 29.5 Å². The van der Waals surface area contributed by atoms with E-state index in [0.29, 0.717) is 0 Å². The summed E-state index contributed by atoms with van der Waals surface area (Å²) in [6.45, 7) is 13.7. The predicted molar refractivity (Wildman–Crippen MR) is 210 cm³/mol. The number of pyridine rings is 2. The summed E-state index contributed by atoms with van der Waals surface area (Å²) in [4.78, 5) is 0. The summed E-state index contributed by atoms with van der Waals surface area (Å²) in [5, 5.41) is 2.67. The van der Waals surface area contributed by atoms with Crippen LogP contribution in [0.25, 0.3) is 61.5 Å². The highest BCUT2D eigenvalue weighted by Crippen LogP contribution is 2.53. The highest BCUT2D eigenvalue weighted by Gasteiger charge is 2.52. The zero-order valence-electron chi connectivity index (χ0n) is 29.8. The highest BCUT2D eigenvalue weighted by atomic mass is 15.1. The van der Waals surface area contributed by atoms with Gasteiger partial charge in [-0.2, -0.15) is 9.13 Å². The molecule has 0 bridgehead atoms. The van der Waals surface area contributed by atoms with Crippen LogP contribution in [0.3, 0.4) is 0 Å². The van der Waals surface area contributed by atoms with Gasteiger partial charge in [-0.3, -0.25) is 0 Å². The average molecular weight is 662 g/mol. The van der Waals surface area contributed by atoms with Gasteiger partial charge in [0.15, 0.2) is 24.5 Å². The zero-order chi connectivity index (χ0) is 34.6. The molecule has 3 aliphatic rings. The maximum atomic E-state index is 4.30. The Morgan fingerprint density at radius 1 is 0.765 bits per heavy atom. The van der Waals surface area contributed by atoms with Crippen molar-refractivity contribution in [1.29, 1.82) is 0 Å². The minimum Gasteiger partial charge on any atom is -0.336 e. The van der Waals surface area contributed by atoms with Crippen LogP contribution < -0.4 is 9.13 Å². The summed E-state index contributed by atoms with van der Waals surface area (Å²) in [5.41, 5.74) is 15.8. The molecule has 0 saturated heterocycles. The van der Waals surface area contributed by atoms with Crippen molar-refractivity contribution in [2.24, 2.45) is 5.41 Å². The molecule has 3 aliphatic heterocycles. The number of aryl methyl sites for hydroxylation is 1. The first kappa shape index (κ1) is 30.3. The summed E-state index contributed by atoms with van der Waals surface area (Å²) in [6, 6.07) is 41.8. The largest absolute Gasteiger partial charge is 0.336 e. The molecule has 3 nitrogen and oxygen atoms in total. The van der Waals surface area contributed by atoms with E-state index in [2.05, 4.69) is 188 Å². The van der Waals surface area contributed by atoms with E-state index < -0.39 is 0 Å². The van der Waals surface area contributed by atoms with Gasteiger partial charge >= 0.3 is 0 Å². The fourth-order valence-electron chi connectivity index (χ4n) is 9.61. The van der Waals surface area contributed by atoms with Crippen LogP contribution in [-0.2, 0) is 0 Å². The number of benzene rings is 4. The Labute approximate surface area is 300 Å². The molecule has 51 heavy (non-hydrogen) atoms. The second-order valence-electron chi connectivity index (χ2n) is 15.6. The smallest absolute Gasteiger partial charge is 0.214 e. The Kier molecular flexibility index (Phi) is 6.52. The third-order valence-corrected chi connectivity index (χ3v) is 12.4. The summed E-state index contributed by atoms with van der Waals surface area (Å²) in [7, 11) is 0. The number of rotatable bonds is 4. The lowest BCUT2D eigenvalue weighted by Crippen LogP contribution is -2.53. The lowest BCUT2D eigenvalue weighted by Gasteiger charge is -2.32. The molecular weight excluding hydrogens is 619 g/mol. The van der Waals surface area contributed by atoms with Gasteiger partial charge in [0.25, 0.3) is 0 Å². The average Bonchev–Trinajstić information content (AvgIpc) is 3.61. The zero-order valence-corrected chi connectivity index (χ0v) is 29.8. The molecule has 0 N–H and O–H groups in total. The van der Waals surface area contributed by atoms with E-state index in [0.717, 1.165) is 6.42 Å². The molecule has 6 heterocycles. The van der Waals surface area contributed by atoms with Crippen molar-refractivity contribution in [3.63, 3.8) is 0 Å². The van der Waals surface area contributed by atoms with Crippen molar-refractivity contribution in [1.82, 2.24) is 4.57 Å². The Balaban J connectivity index is 1.30. The van der Waals surface area contributed by atoms with Crippen molar-refractivity contribution in [3.05, 3.63) is 163 Å². The Morgan fingerprint density at radius 2 is 1.59 bits per heavy atom. The number of allylic oxidation sites excluding steroid dienone is 2. The Morgan fingerprint density at radius 3 is 2.43 bits per heavy atom. The molecule has 3 aromatic heterocycles. The first-order valence-corrected chi connectivity index (χ1v) is 18.5. The van der Waals surface area contributed by atoms with Crippen LogP contribution in [0, 0.1) is 12.3 Å². The molecule has 0 spiro atoms. The monoisotopic (exact) mass is 661 g/mol. The van der Waals surface area contributed by atoms with Gasteiger partial charge in [-0.25, -0.2) is 0 Å². The van der Waals surface area contributed by atoms with Gasteiger partial charge in [-0.15, -0.1) is 6.58 Å². The number of fused-ring (bicyclic) bond motifs is 9. The van der Waals surface area contributed by atoms with Crippen molar-refractivity contribution in [3.8, 4) is 33.6 Å². The Bertz CT molecular complexity index is 2600. The molecule has 3 unspecified atom stereocenters. The Hall–Kier alpha value is -5.54. The first-order valence-electron chi connectivity index (χ1n) is 18.5. The van der Waals surface area contributed by atoms with E-state index in [1.807, 2.05) is 0 Å².